The van der Waals surface area contributed by atoms with Gasteiger partial charge in [-0.15, -0.1) is 0 Å². The van der Waals surface area contributed by atoms with Crippen LogP contribution in [0.25, 0.3) is 0 Å². The predicted molar refractivity (Wildman–Crippen MR) is 116 cm³/mol. The van der Waals surface area contributed by atoms with Crippen LogP contribution < -0.4 is 15.4 Å². The van der Waals surface area contributed by atoms with E-state index in [9.17, 15) is 10.1 Å². The third kappa shape index (κ3) is 4.34. The van der Waals surface area contributed by atoms with Gasteiger partial charge in [0, 0.05) is 37.6 Å². The molecule has 2 amide bonds. The van der Waals surface area contributed by atoms with Crippen LogP contribution in [0, 0.1) is 11.3 Å². The summed E-state index contributed by atoms with van der Waals surface area (Å²) in [6.07, 6.45) is 1.70. The highest BCUT2D eigenvalue weighted by molar-refractivity contribution is 6.88. The van der Waals surface area contributed by atoms with Gasteiger partial charge in [0.1, 0.15) is 11.9 Å². The standard InChI is InChI=1S/C21H27N5OSi/c1-16-15-25(20-17(14-22)6-5-11-23-20)12-13-26(16)21(27)24-18-7-9-19(10-8-18)28(2,3)4/h5-11,16H,12-13,15H2,1-4H3,(H,24,27)/t16-/m1/s1. The summed E-state index contributed by atoms with van der Waals surface area (Å²) in [5.41, 5.74) is 1.38. The lowest BCUT2D eigenvalue weighted by atomic mass is 10.1. The average Bonchev–Trinajstić information content (AvgIpc) is 2.67. The maximum atomic E-state index is 12.8. The minimum absolute atomic E-state index is 0.0172. The lowest BCUT2D eigenvalue weighted by Gasteiger charge is -2.40. The van der Waals surface area contributed by atoms with Gasteiger partial charge in [-0.1, -0.05) is 37.0 Å². The fourth-order valence-corrected chi connectivity index (χ4v) is 4.60. The Balaban J connectivity index is 1.64. The number of hydrogen-bond donors (Lipinski definition) is 1. The Hall–Kier alpha value is -2.85. The van der Waals surface area contributed by atoms with Crippen molar-refractivity contribution in [1.29, 1.82) is 5.26 Å². The number of carbonyl (C=O) groups is 1. The molecule has 2 heterocycles. The highest BCUT2D eigenvalue weighted by atomic mass is 28.3. The van der Waals surface area contributed by atoms with E-state index in [2.05, 4.69) is 53.0 Å². The SMILES string of the molecule is C[C@@H]1CN(c2ncccc2C#N)CCN1C(=O)Nc1ccc([Si](C)(C)C)cc1. The van der Waals surface area contributed by atoms with E-state index in [-0.39, 0.29) is 12.1 Å². The highest BCUT2D eigenvalue weighted by Gasteiger charge is 2.29. The molecule has 2 aromatic rings. The number of hydrogen-bond acceptors (Lipinski definition) is 4. The van der Waals surface area contributed by atoms with E-state index < -0.39 is 8.07 Å². The van der Waals surface area contributed by atoms with Crippen LogP contribution in [-0.2, 0) is 0 Å². The van der Waals surface area contributed by atoms with Crippen LogP contribution in [0.1, 0.15) is 12.5 Å². The van der Waals surface area contributed by atoms with Gasteiger partial charge in [-0.25, -0.2) is 9.78 Å². The van der Waals surface area contributed by atoms with Gasteiger partial charge in [0.15, 0.2) is 0 Å². The van der Waals surface area contributed by atoms with Crippen LogP contribution in [0.15, 0.2) is 42.6 Å². The summed E-state index contributed by atoms with van der Waals surface area (Å²) in [4.78, 5) is 21.0. The fourth-order valence-electron chi connectivity index (χ4n) is 3.44. The number of nitrogens with zero attached hydrogens (tertiary/aromatic N) is 4. The Morgan fingerprint density at radius 1 is 1.21 bits per heavy atom. The zero-order chi connectivity index (χ0) is 20.3. The number of rotatable bonds is 3. The van der Waals surface area contributed by atoms with E-state index in [1.54, 1.807) is 18.3 Å². The van der Waals surface area contributed by atoms with E-state index in [0.29, 0.717) is 31.0 Å². The Morgan fingerprint density at radius 2 is 1.93 bits per heavy atom. The Kier molecular flexibility index (Phi) is 5.70. The third-order valence-corrected chi connectivity index (χ3v) is 7.16. The molecule has 1 fully saturated rings. The number of carbonyl (C=O) groups excluding carboxylic acids is 1. The summed E-state index contributed by atoms with van der Waals surface area (Å²) < 4.78 is 0. The lowest BCUT2D eigenvalue weighted by molar-refractivity contribution is 0.184. The first kappa shape index (κ1) is 19.9. The molecule has 0 saturated carbocycles. The molecule has 6 nitrogen and oxygen atoms in total. The van der Waals surface area contributed by atoms with Crippen LogP contribution in [-0.4, -0.2) is 49.7 Å². The highest BCUT2D eigenvalue weighted by Crippen LogP contribution is 2.21. The summed E-state index contributed by atoms with van der Waals surface area (Å²) in [7, 11) is -1.34. The smallest absolute Gasteiger partial charge is 0.322 e. The second-order valence-electron chi connectivity index (χ2n) is 8.23. The third-order valence-electron chi connectivity index (χ3n) is 5.10. The zero-order valence-corrected chi connectivity index (χ0v) is 17.9. The van der Waals surface area contributed by atoms with E-state index in [0.717, 1.165) is 5.69 Å². The number of anilines is 2. The fraction of sp³-hybridized carbons (Fsp3) is 0.381. The van der Waals surface area contributed by atoms with Gasteiger partial charge in [0.05, 0.1) is 13.6 Å². The Morgan fingerprint density at radius 3 is 2.54 bits per heavy atom. The molecule has 0 unspecified atom stereocenters. The van der Waals surface area contributed by atoms with E-state index in [4.69, 9.17) is 0 Å². The summed E-state index contributed by atoms with van der Waals surface area (Å²) in [6.45, 7) is 10.8. The first-order chi connectivity index (χ1) is 13.3. The van der Waals surface area contributed by atoms with Gasteiger partial charge in [-0.2, -0.15) is 5.26 Å². The number of nitriles is 1. The van der Waals surface area contributed by atoms with Crippen molar-refractivity contribution in [3.05, 3.63) is 48.2 Å². The van der Waals surface area contributed by atoms with Crippen molar-refractivity contribution in [1.82, 2.24) is 9.88 Å². The van der Waals surface area contributed by atoms with Crippen molar-refractivity contribution >= 4 is 30.8 Å². The minimum atomic E-state index is -1.34. The molecule has 1 aliphatic rings. The topological polar surface area (TPSA) is 72.3 Å². The molecule has 0 aliphatic carbocycles. The average molecular weight is 394 g/mol. The van der Waals surface area contributed by atoms with Gasteiger partial charge in [0.2, 0.25) is 0 Å². The van der Waals surface area contributed by atoms with Crippen LogP contribution in [0.4, 0.5) is 16.3 Å². The number of nitrogens with one attached hydrogen (secondary N) is 1. The number of benzene rings is 1. The molecule has 3 rings (SSSR count). The summed E-state index contributed by atoms with van der Waals surface area (Å²) in [6, 6.07) is 13.9. The number of aromatic nitrogens is 1. The molecule has 28 heavy (non-hydrogen) atoms. The summed E-state index contributed by atoms with van der Waals surface area (Å²) in [5, 5.41) is 13.7. The molecule has 1 aromatic carbocycles. The van der Waals surface area contributed by atoms with Crippen molar-refractivity contribution in [3.8, 4) is 6.07 Å². The van der Waals surface area contributed by atoms with Gasteiger partial charge >= 0.3 is 6.03 Å². The van der Waals surface area contributed by atoms with Crippen molar-refractivity contribution in [2.45, 2.75) is 32.6 Å². The molecule has 1 N–H and O–H groups in total. The van der Waals surface area contributed by atoms with Gasteiger partial charge < -0.3 is 15.1 Å². The first-order valence-corrected chi connectivity index (χ1v) is 13.1. The van der Waals surface area contributed by atoms with Crippen molar-refractivity contribution in [3.63, 3.8) is 0 Å². The number of amides is 2. The second kappa shape index (κ2) is 8.03. The first-order valence-electron chi connectivity index (χ1n) is 9.58. The van der Waals surface area contributed by atoms with Crippen molar-refractivity contribution in [2.75, 3.05) is 29.9 Å². The number of piperazine rings is 1. The molecule has 7 heteroatoms. The molecule has 0 spiro atoms. The monoisotopic (exact) mass is 393 g/mol. The molecule has 0 bridgehead atoms. The van der Waals surface area contributed by atoms with Crippen molar-refractivity contribution in [2.24, 2.45) is 0 Å². The van der Waals surface area contributed by atoms with Crippen LogP contribution >= 0.6 is 0 Å². The normalized spacial score (nSPS) is 17.2. The summed E-state index contributed by atoms with van der Waals surface area (Å²) >= 11 is 0. The van der Waals surface area contributed by atoms with Crippen LogP contribution in [0.3, 0.4) is 0 Å². The molecule has 1 aromatic heterocycles. The molecule has 1 aliphatic heterocycles. The van der Waals surface area contributed by atoms with Crippen LogP contribution in [0.2, 0.25) is 19.6 Å². The predicted octanol–water partition coefficient (Wildman–Crippen LogP) is 3.24. The molecular weight excluding hydrogens is 366 g/mol. The van der Waals surface area contributed by atoms with Gasteiger partial charge in [-0.3, -0.25) is 0 Å². The Bertz CT molecular complexity index is 885. The largest absolute Gasteiger partial charge is 0.352 e. The molecule has 0 radical (unpaired) electrons. The summed E-state index contributed by atoms with van der Waals surface area (Å²) in [5.74, 6) is 0.693. The van der Waals surface area contributed by atoms with Crippen molar-refractivity contribution < 1.29 is 4.79 Å². The maximum Gasteiger partial charge on any atom is 0.322 e. The minimum Gasteiger partial charge on any atom is -0.352 e. The van der Waals surface area contributed by atoms with E-state index in [1.807, 2.05) is 24.0 Å². The van der Waals surface area contributed by atoms with Gasteiger partial charge in [0.25, 0.3) is 0 Å². The quantitative estimate of drug-likeness (QED) is 0.813. The molecular formula is C21H27N5OSi. The number of urea groups is 1. The molecule has 146 valence electrons. The maximum absolute atomic E-state index is 12.8. The molecule has 1 atom stereocenters. The van der Waals surface area contributed by atoms with E-state index >= 15 is 0 Å². The van der Waals surface area contributed by atoms with E-state index in [1.165, 1.54) is 5.19 Å². The lowest BCUT2D eigenvalue weighted by Crippen LogP contribution is -2.55. The molecule has 1 saturated heterocycles. The zero-order valence-electron chi connectivity index (χ0n) is 16.9. The van der Waals surface area contributed by atoms with Gasteiger partial charge in [-0.05, 0) is 31.2 Å². The van der Waals surface area contributed by atoms with Crippen LogP contribution in [0.5, 0.6) is 0 Å². The number of pyridine rings is 1. The second-order valence-corrected chi connectivity index (χ2v) is 13.3. The Labute approximate surface area is 167 Å².